The summed E-state index contributed by atoms with van der Waals surface area (Å²) in [6, 6.07) is 2.83. The van der Waals surface area contributed by atoms with Crippen molar-refractivity contribution < 1.29 is 14.4 Å². The molecular formula is C18H21Cl2N3O3. The lowest BCUT2D eigenvalue weighted by Crippen LogP contribution is -2.48. The second kappa shape index (κ2) is 7.94. The fourth-order valence-corrected chi connectivity index (χ4v) is 3.79. The Kier molecular flexibility index (Phi) is 5.85. The first-order valence-corrected chi connectivity index (χ1v) is 9.53. The van der Waals surface area contributed by atoms with E-state index >= 15 is 0 Å². The molecule has 26 heavy (non-hydrogen) atoms. The summed E-state index contributed by atoms with van der Waals surface area (Å²) >= 11 is 11.8. The number of carbonyl (C=O) groups is 3. The second-order valence-electron chi connectivity index (χ2n) is 6.69. The van der Waals surface area contributed by atoms with Gasteiger partial charge in [0.25, 0.3) is 11.8 Å². The van der Waals surface area contributed by atoms with Crippen molar-refractivity contribution in [2.75, 3.05) is 26.2 Å². The smallest absolute Gasteiger partial charge is 0.262 e. The molecule has 6 nitrogen and oxygen atoms in total. The molecule has 2 aliphatic heterocycles. The van der Waals surface area contributed by atoms with Crippen molar-refractivity contribution in [2.45, 2.75) is 32.2 Å². The third kappa shape index (κ3) is 3.87. The van der Waals surface area contributed by atoms with Crippen LogP contribution in [0, 0.1) is 0 Å². The molecule has 0 radical (unpaired) electrons. The van der Waals surface area contributed by atoms with E-state index in [1.807, 2.05) is 0 Å². The Balaban J connectivity index is 1.59. The summed E-state index contributed by atoms with van der Waals surface area (Å²) in [6.07, 6.45) is 2.86. The summed E-state index contributed by atoms with van der Waals surface area (Å²) in [4.78, 5) is 40.5. The van der Waals surface area contributed by atoms with Gasteiger partial charge in [0, 0.05) is 19.1 Å². The lowest BCUT2D eigenvalue weighted by molar-refractivity contribution is -0.122. The summed E-state index contributed by atoms with van der Waals surface area (Å²) < 4.78 is 0. The minimum Gasteiger partial charge on any atom is -0.352 e. The van der Waals surface area contributed by atoms with Gasteiger partial charge in [-0.2, -0.15) is 0 Å². The highest BCUT2D eigenvalue weighted by Crippen LogP contribution is 2.31. The van der Waals surface area contributed by atoms with E-state index < -0.39 is 11.8 Å². The summed E-state index contributed by atoms with van der Waals surface area (Å²) in [7, 11) is 0. The van der Waals surface area contributed by atoms with Crippen LogP contribution in [-0.2, 0) is 4.79 Å². The summed E-state index contributed by atoms with van der Waals surface area (Å²) in [5, 5.41) is 3.35. The fraction of sp³-hybridized carbons (Fsp3) is 0.500. The Hall–Kier alpha value is -1.63. The van der Waals surface area contributed by atoms with Crippen molar-refractivity contribution >= 4 is 40.9 Å². The number of piperidine rings is 1. The van der Waals surface area contributed by atoms with Gasteiger partial charge in [0.2, 0.25) is 5.91 Å². The molecular weight excluding hydrogens is 377 g/mol. The third-order valence-electron chi connectivity index (χ3n) is 4.81. The van der Waals surface area contributed by atoms with E-state index in [1.165, 1.54) is 12.1 Å². The normalized spacial score (nSPS) is 18.3. The molecule has 1 fully saturated rings. The van der Waals surface area contributed by atoms with Gasteiger partial charge in [0.1, 0.15) is 6.54 Å². The van der Waals surface area contributed by atoms with Gasteiger partial charge in [-0.15, -0.1) is 0 Å². The SMILES string of the molecule is CCCN1CCC(NC(=O)CN2C(=O)c3cc(Cl)c(Cl)cc3C2=O)CC1. The molecule has 2 aliphatic rings. The number of rotatable bonds is 5. The average molecular weight is 398 g/mol. The molecule has 0 saturated carbocycles. The number of nitrogens with one attached hydrogen (secondary N) is 1. The van der Waals surface area contributed by atoms with Gasteiger partial charge in [-0.1, -0.05) is 30.1 Å². The third-order valence-corrected chi connectivity index (χ3v) is 5.53. The van der Waals surface area contributed by atoms with Crippen LogP contribution in [-0.4, -0.2) is 59.7 Å². The van der Waals surface area contributed by atoms with Crippen molar-refractivity contribution in [1.29, 1.82) is 0 Å². The number of fused-ring (bicyclic) bond motifs is 1. The first-order chi connectivity index (χ1) is 12.4. The van der Waals surface area contributed by atoms with Crippen LogP contribution in [0.4, 0.5) is 0 Å². The highest BCUT2D eigenvalue weighted by Gasteiger charge is 2.37. The Morgan fingerprint density at radius 2 is 1.65 bits per heavy atom. The number of hydrogen-bond donors (Lipinski definition) is 1. The highest BCUT2D eigenvalue weighted by molar-refractivity contribution is 6.43. The summed E-state index contributed by atoms with van der Waals surface area (Å²) in [6.45, 7) is 4.82. The predicted octanol–water partition coefficient (Wildman–Crippen LogP) is 2.58. The number of likely N-dealkylation sites (tertiary alicyclic amines) is 1. The molecule has 1 aromatic carbocycles. The number of imide groups is 1. The number of nitrogens with zero attached hydrogens (tertiary/aromatic N) is 2. The van der Waals surface area contributed by atoms with E-state index in [4.69, 9.17) is 23.2 Å². The summed E-state index contributed by atoms with van der Waals surface area (Å²) in [5.74, 6) is -1.36. The highest BCUT2D eigenvalue weighted by atomic mass is 35.5. The molecule has 8 heteroatoms. The monoisotopic (exact) mass is 397 g/mol. The molecule has 140 valence electrons. The van der Waals surface area contributed by atoms with Crippen molar-refractivity contribution in [1.82, 2.24) is 15.1 Å². The number of benzene rings is 1. The Morgan fingerprint density at radius 1 is 1.12 bits per heavy atom. The van der Waals surface area contributed by atoms with E-state index in [9.17, 15) is 14.4 Å². The number of halogens is 2. The maximum atomic E-state index is 12.4. The predicted molar refractivity (Wildman–Crippen MR) is 99.7 cm³/mol. The van der Waals surface area contributed by atoms with Crippen molar-refractivity contribution in [3.8, 4) is 0 Å². The van der Waals surface area contributed by atoms with Crippen LogP contribution >= 0.6 is 23.2 Å². The molecule has 0 aromatic heterocycles. The van der Waals surface area contributed by atoms with Crippen molar-refractivity contribution in [3.63, 3.8) is 0 Å². The molecule has 2 heterocycles. The van der Waals surface area contributed by atoms with Gasteiger partial charge in [0.05, 0.1) is 21.2 Å². The van der Waals surface area contributed by atoms with Crippen molar-refractivity contribution in [2.24, 2.45) is 0 Å². The topological polar surface area (TPSA) is 69.7 Å². The van der Waals surface area contributed by atoms with E-state index in [0.717, 1.165) is 43.8 Å². The van der Waals surface area contributed by atoms with Crippen LogP contribution in [0.1, 0.15) is 46.9 Å². The van der Waals surface area contributed by atoms with Crippen molar-refractivity contribution in [3.05, 3.63) is 33.3 Å². The number of carbonyl (C=O) groups excluding carboxylic acids is 3. The van der Waals surface area contributed by atoms with E-state index in [-0.39, 0.29) is 39.7 Å². The van der Waals surface area contributed by atoms with Crippen LogP contribution in [0.2, 0.25) is 10.0 Å². The Morgan fingerprint density at radius 3 is 2.15 bits per heavy atom. The number of amides is 3. The molecule has 3 amide bonds. The molecule has 0 bridgehead atoms. The van der Waals surface area contributed by atoms with E-state index in [0.29, 0.717) is 0 Å². The van der Waals surface area contributed by atoms with Gasteiger partial charge in [-0.05, 0) is 37.9 Å². The molecule has 0 atom stereocenters. The zero-order valence-corrected chi connectivity index (χ0v) is 16.1. The first-order valence-electron chi connectivity index (χ1n) is 8.77. The molecule has 1 saturated heterocycles. The molecule has 0 unspecified atom stereocenters. The van der Waals surface area contributed by atoms with Crippen LogP contribution in [0.25, 0.3) is 0 Å². The molecule has 0 aliphatic carbocycles. The van der Waals surface area contributed by atoms with Crippen LogP contribution in [0.15, 0.2) is 12.1 Å². The maximum Gasteiger partial charge on any atom is 0.262 e. The fourth-order valence-electron chi connectivity index (χ4n) is 3.46. The van der Waals surface area contributed by atoms with Crippen LogP contribution in [0.3, 0.4) is 0 Å². The van der Waals surface area contributed by atoms with Gasteiger partial charge in [0.15, 0.2) is 0 Å². The minimum atomic E-state index is -0.517. The Bertz CT molecular complexity index is 704. The first kappa shape index (κ1) is 19.1. The van der Waals surface area contributed by atoms with Gasteiger partial charge >= 0.3 is 0 Å². The average Bonchev–Trinajstić information content (AvgIpc) is 2.82. The van der Waals surface area contributed by atoms with Gasteiger partial charge < -0.3 is 10.2 Å². The molecule has 3 rings (SSSR count). The maximum absolute atomic E-state index is 12.4. The standard InChI is InChI=1S/C18H21Cl2N3O3/c1-2-5-22-6-3-11(4-7-22)21-16(24)10-23-17(25)12-8-14(19)15(20)9-13(12)18(23)26/h8-9,11H,2-7,10H2,1H3,(H,21,24). The molecule has 1 aromatic rings. The zero-order chi connectivity index (χ0) is 18.8. The lowest BCUT2D eigenvalue weighted by Gasteiger charge is -2.32. The van der Waals surface area contributed by atoms with Crippen LogP contribution in [0.5, 0.6) is 0 Å². The Labute approximate surface area is 162 Å². The minimum absolute atomic E-state index is 0.0784. The molecule has 0 spiro atoms. The quantitative estimate of drug-likeness (QED) is 0.775. The second-order valence-corrected chi connectivity index (χ2v) is 7.51. The molecule has 1 N–H and O–H groups in total. The number of hydrogen-bond acceptors (Lipinski definition) is 4. The zero-order valence-electron chi connectivity index (χ0n) is 14.6. The lowest BCUT2D eigenvalue weighted by atomic mass is 10.0. The summed E-state index contributed by atoms with van der Waals surface area (Å²) in [5.41, 5.74) is 0.371. The van der Waals surface area contributed by atoms with E-state index in [1.54, 1.807) is 0 Å². The van der Waals surface area contributed by atoms with Gasteiger partial charge in [-0.25, -0.2) is 0 Å². The van der Waals surface area contributed by atoms with Crippen LogP contribution < -0.4 is 5.32 Å². The largest absolute Gasteiger partial charge is 0.352 e. The van der Waals surface area contributed by atoms with Gasteiger partial charge in [-0.3, -0.25) is 19.3 Å². The van der Waals surface area contributed by atoms with E-state index in [2.05, 4.69) is 17.1 Å².